The van der Waals surface area contributed by atoms with Crippen LogP contribution in [0.15, 0.2) is 0 Å². The van der Waals surface area contributed by atoms with E-state index in [2.05, 4.69) is 50.5 Å². The minimum Gasteiger partial charge on any atom is -0.295 e. The molecular weight excluding hydrogens is 336 g/mol. The fourth-order valence-electron chi connectivity index (χ4n) is 0.411. The molecule has 2 unspecified atom stereocenters. The Morgan fingerprint density at radius 3 is 2.43 bits per heavy atom. The van der Waals surface area contributed by atoms with Gasteiger partial charge in [0.25, 0.3) is 0 Å². The first-order valence-corrected chi connectivity index (χ1v) is 5.39. The lowest BCUT2D eigenvalue weighted by Gasteiger charge is -1.93. The highest BCUT2D eigenvalue weighted by molar-refractivity contribution is 14.1. The molecule has 1 fully saturated rings. The van der Waals surface area contributed by atoms with Gasteiger partial charge in [-0.2, -0.15) is 0 Å². The molecule has 0 bridgehead atoms. The normalized spacial score (nSPS) is 42.0. The van der Waals surface area contributed by atoms with Gasteiger partial charge in [-0.15, -0.1) is 11.8 Å². The van der Waals surface area contributed by atoms with Crippen molar-refractivity contribution in [1.82, 2.24) is 5.32 Å². The van der Waals surface area contributed by atoms with Gasteiger partial charge in [0, 0.05) is 6.54 Å². The van der Waals surface area contributed by atoms with Crippen molar-refractivity contribution < 1.29 is 0 Å². The van der Waals surface area contributed by atoms with Gasteiger partial charge in [-0.3, -0.25) is 5.32 Å². The molecule has 2 atom stereocenters. The van der Waals surface area contributed by atoms with E-state index in [1.54, 1.807) is 0 Å². The van der Waals surface area contributed by atoms with Gasteiger partial charge in [-0.25, -0.2) is 0 Å². The van der Waals surface area contributed by atoms with E-state index in [1.165, 1.54) is 6.54 Å². The van der Waals surface area contributed by atoms with E-state index in [4.69, 9.17) is 0 Å². The summed E-state index contributed by atoms with van der Waals surface area (Å²) in [6.07, 6.45) is 0. The summed E-state index contributed by atoms with van der Waals surface area (Å²) in [5.41, 5.74) is 0. The summed E-state index contributed by atoms with van der Waals surface area (Å²) in [5.74, 6) is 0. The van der Waals surface area contributed by atoms with Crippen LogP contribution in [0.4, 0.5) is 0 Å². The second-order valence-corrected chi connectivity index (χ2v) is 7.02. The Hall–Kier alpha value is 1.77. The van der Waals surface area contributed by atoms with Crippen molar-refractivity contribution in [3.63, 3.8) is 0 Å². The van der Waals surface area contributed by atoms with Crippen LogP contribution < -0.4 is 5.32 Å². The third kappa shape index (κ3) is 2.23. The lowest BCUT2D eigenvalue weighted by Crippen LogP contribution is -2.13. The Morgan fingerprint density at radius 2 is 2.29 bits per heavy atom. The van der Waals surface area contributed by atoms with Crippen molar-refractivity contribution in [3.8, 4) is 0 Å². The van der Waals surface area contributed by atoms with Crippen molar-refractivity contribution in [2.75, 3.05) is 6.54 Å². The molecule has 1 nitrogen and oxygen atoms in total. The minimum absolute atomic E-state index is 0.652. The van der Waals surface area contributed by atoms with E-state index in [0.29, 0.717) is 3.38 Å². The predicted octanol–water partition coefficient (Wildman–Crippen LogP) is 1.80. The zero-order valence-electron chi connectivity index (χ0n) is 3.53. The number of rotatable bonds is 0. The molecule has 1 N–H and O–H groups in total. The van der Waals surface area contributed by atoms with Crippen molar-refractivity contribution >= 4 is 56.9 Å². The van der Waals surface area contributed by atoms with Gasteiger partial charge in [0.05, 0.1) is 3.26 Å². The molecule has 7 heavy (non-hydrogen) atoms. The zero-order valence-corrected chi connectivity index (χ0v) is 8.66. The van der Waals surface area contributed by atoms with Crippen LogP contribution in [0, 0.1) is 0 Å². The highest BCUT2D eigenvalue weighted by Crippen LogP contribution is 2.30. The van der Waals surface area contributed by atoms with E-state index in [-0.39, 0.29) is 0 Å². The molecule has 1 aliphatic rings. The maximum absolute atomic E-state index is 3.31. The molecule has 1 saturated heterocycles. The molecule has 0 spiro atoms. The molecular formula is C3H5I2NS. The van der Waals surface area contributed by atoms with Crippen molar-refractivity contribution in [2.45, 2.75) is 6.64 Å². The maximum atomic E-state index is 3.31. The molecule has 0 radical (unpaired) electrons. The Kier molecular flexibility index (Phi) is 3.02. The summed E-state index contributed by atoms with van der Waals surface area (Å²) in [6.45, 7) is 1.17. The summed E-state index contributed by atoms with van der Waals surface area (Å²) in [6, 6.07) is 0. The molecule has 4 heteroatoms. The van der Waals surface area contributed by atoms with Crippen LogP contribution in [0.2, 0.25) is 0 Å². The monoisotopic (exact) mass is 341 g/mol. The first kappa shape index (κ1) is 6.88. The van der Waals surface area contributed by atoms with Gasteiger partial charge in [0.1, 0.15) is 3.38 Å². The van der Waals surface area contributed by atoms with E-state index in [9.17, 15) is 0 Å². The standard InChI is InChI=1S/C3H5I2NS/c4-2-1-6-3(5)7-2/h2-3,6H,1H2. The quantitative estimate of drug-likeness (QED) is 0.410. The average Bonchev–Trinajstić information content (AvgIpc) is 1.87. The number of alkyl halides is 2. The molecule has 0 amide bonds. The lowest BCUT2D eigenvalue weighted by atomic mass is 10.8. The largest absolute Gasteiger partial charge is 0.295 e. The van der Waals surface area contributed by atoms with Crippen LogP contribution in [0.25, 0.3) is 0 Å². The minimum atomic E-state index is 0.652. The van der Waals surface area contributed by atoms with E-state index in [0.717, 1.165) is 3.26 Å². The number of thioether (sulfide) groups is 1. The molecule has 1 heterocycles. The van der Waals surface area contributed by atoms with Gasteiger partial charge < -0.3 is 0 Å². The second kappa shape index (κ2) is 3.07. The first-order valence-electron chi connectivity index (χ1n) is 1.96. The molecule has 0 saturated carbocycles. The molecule has 0 aliphatic carbocycles. The van der Waals surface area contributed by atoms with Gasteiger partial charge in [0.15, 0.2) is 0 Å². The molecule has 1 rings (SSSR count). The Morgan fingerprint density at radius 1 is 1.57 bits per heavy atom. The van der Waals surface area contributed by atoms with Crippen LogP contribution in [0.3, 0.4) is 0 Å². The predicted molar refractivity (Wildman–Crippen MR) is 51.2 cm³/mol. The number of nitrogens with one attached hydrogen (secondary N) is 1. The number of hydrogen-bond donors (Lipinski definition) is 1. The molecule has 42 valence electrons. The van der Waals surface area contributed by atoms with E-state index < -0.39 is 0 Å². The van der Waals surface area contributed by atoms with Crippen LogP contribution in [0.5, 0.6) is 0 Å². The maximum Gasteiger partial charge on any atom is 0.107 e. The van der Waals surface area contributed by atoms with Crippen LogP contribution in [-0.4, -0.2) is 13.2 Å². The lowest BCUT2D eigenvalue weighted by molar-refractivity contribution is 0.862. The van der Waals surface area contributed by atoms with Gasteiger partial charge in [-0.05, 0) is 0 Å². The summed E-state index contributed by atoms with van der Waals surface area (Å²) >= 11 is 6.82. The third-order valence-electron chi connectivity index (χ3n) is 0.706. The zero-order chi connectivity index (χ0) is 5.28. The molecule has 1 aliphatic heterocycles. The summed E-state index contributed by atoms with van der Waals surface area (Å²) < 4.78 is 1.44. The fraction of sp³-hybridized carbons (Fsp3) is 1.00. The summed E-state index contributed by atoms with van der Waals surface area (Å²) in [7, 11) is 0. The SMILES string of the molecule is IC1CNC(I)S1. The highest BCUT2D eigenvalue weighted by Gasteiger charge is 2.18. The smallest absolute Gasteiger partial charge is 0.107 e. The van der Waals surface area contributed by atoms with Gasteiger partial charge in [-0.1, -0.05) is 45.2 Å². The van der Waals surface area contributed by atoms with Crippen molar-refractivity contribution in [2.24, 2.45) is 0 Å². The Bertz CT molecular complexity index is 62.0. The topological polar surface area (TPSA) is 12.0 Å². The molecule has 0 aromatic carbocycles. The average molecular weight is 341 g/mol. The van der Waals surface area contributed by atoms with Crippen molar-refractivity contribution in [3.05, 3.63) is 0 Å². The van der Waals surface area contributed by atoms with Crippen LogP contribution >= 0.6 is 56.9 Å². The second-order valence-electron chi connectivity index (χ2n) is 1.27. The Balaban J connectivity index is 2.26. The van der Waals surface area contributed by atoms with Gasteiger partial charge in [0.2, 0.25) is 0 Å². The molecule has 0 aromatic heterocycles. The van der Waals surface area contributed by atoms with E-state index in [1.807, 2.05) is 11.8 Å². The van der Waals surface area contributed by atoms with Crippen LogP contribution in [-0.2, 0) is 0 Å². The van der Waals surface area contributed by atoms with E-state index >= 15 is 0 Å². The third-order valence-corrected chi connectivity index (χ3v) is 4.22. The first-order chi connectivity index (χ1) is 3.29. The molecule has 0 aromatic rings. The van der Waals surface area contributed by atoms with Crippen molar-refractivity contribution in [1.29, 1.82) is 0 Å². The summed E-state index contributed by atoms with van der Waals surface area (Å²) in [5, 5.41) is 3.31. The van der Waals surface area contributed by atoms with Gasteiger partial charge >= 0.3 is 0 Å². The fourth-order valence-corrected chi connectivity index (χ4v) is 5.19. The highest BCUT2D eigenvalue weighted by atomic mass is 127. The Labute approximate surface area is 74.7 Å². The summed E-state index contributed by atoms with van der Waals surface area (Å²) in [4.78, 5) is 0. The number of hydrogen-bond acceptors (Lipinski definition) is 2. The van der Waals surface area contributed by atoms with Crippen LogP contribution in [0.1, 0.15) is 0 Å². The number of halogens is 2.